The van der Waals surface area contributed by atoms with E-state index in [-0.39, 0.29) is 28.5 Å². The van der Waals surface area contributed by atoms with Crippen LogP contribution in [0.3, 0.4) is 0 Å². The van der Waals surface area contributed by atoms with Crippen LogP contribution in [-0.4, -0.2) is 73.3 Å². The van der Waals surface area contributed by atoms with Crippen molar-refractivity contribution in [1.29, 1.82) is 0 Å². The van der Waals surface area contributed by atoms with E-state index in [1.807, 2.05) is 36.4 Å². The molecule has 3 saturated heterocycles. The largest absolute Gasteiger partial charge is 0.506 e. The number of unbranched alkanes of at least 4 members (excludes halogenated alkanes) is 1. The van der Waals surface area contributed by atoms with Crippen LogP contribution in [0.5, 0.6) is 11.5 Å². The molecular weight excluding hydrogens is 757 g/mol. The minimum atomic E-state index is -2.19. The SMILES string of the molecule is CC(C)(C)[Si](C)(C)O[C@@H](CNCc1ccc(OCCCCc2ccc(-c3ccccc3)c(N(C(=O)O)C3CN4CCC3CC4)c2)cc1)c1ccc(O)c2[nH]c(=O)ccc12. The van der Waals surface area contributed by atoms with E-state index in [0.717, 1.165) is 96.4 Å². The summed E-state index contributed by atoms with van der Waals surface area (Å²) >= 11 is 0. The molecule has 312 valence electrons. The van der Waals surface area contributed by atoms with Gasteiger partial charge >= 0.3 is 6.09 Å². The number of phenols is 1. The third-order valence-electron chi connectivity index (χ3n) is 12.8. The van der Waals surface area contributed by atoms with Gasteiger partial charge in [0.25, 0.3) is 0 Å². The Hall–Kier alpha value is -4.94. The highest BCUT2D eigenvalue weighted by Crippen LogP contribution is 2.42. The lowest BCUT2D eigenvalue weighted by molar-refractivity contribution is 0.0837. The molecule has 3 aliphatic heterocycles. The van der Waals surface area contributed by atoms with Gasteiger partial charge in [-0.05, 0) is 122 Å². The van der Waals surface area contributed by atoms with E-state index in [0.29, 0.717) is 31.1 Å². The first kappa shape index (κ1) is 42.2. The van der Waals surface area contributed by atoms with Crippen LogP contribution >= 0.6 is 0 Å². The van der Waals surface area contributed by atoms with Gasteiger partial charge in [-0.3, -0.25) is 9.69 Å². The molecular formula is C48H60N4O6Si. The number of nitrogens with zero attached hydrogens (tertiary/aromatic N) is 2. The summed E-state index contributed by atoms with van der Waals surface area (Å²) in [6.07, 6.45) is 3.56. The maximum Gasteiger partial charge on any atom is 0.412 e. The molecule has 1 unspecified atom stereocenters. The molecule has 2 bridgehead atoms. The lowest BCUT2D eigenvalue weighted by Gasteiger charge is -2.48. The fourth-order valence-electron chi connectivity index (χ4n) is 8.40. The first-order valence-corrected chi connectivity index (χ1v) is 24.1. The second-order valence-corrected chi connectivity index (χ2v) is 22.6. The Bertz CT molecular complexity index is 2260. The van der Waals surface area contributed by atoms with Gasteiger partial charge in [-0.15, -0.1) is 0 Å². The number of fused-ring (bicyclic) bond motifs is 4. The number of aryl methyl sites for hydroxylation is 1. The molecule has 0 saturated carbocycles. The normalized spacial score (nSPS) is 18.5. The Morgan fingerprint density at radius 2 is 1.68 bits per heavy atom. The number of carboxylic acid groups (broad SMARTS) is 1. The Balaban J connectivity index is 0.945. The fraction of sp³-hybridized carbons (Fsp3) is 0.417. The van der Waals surface area contributed by atoms with Crippen molar-refractivity contribution < 1.29 is 24.2 Å². The molecule has 3 fully saturated rings. The maximum absolute atomic E-state index is 13.0. The maximum atomic E-state index is 13.0. The highest BCUT2D eigenvalue weighted by atomic mass is 28.4. The molecule has 4 aromatic carbocycles. The Kier molecular flexibility index (Phi) is 13.0. The number of benzene rings is 4. The molecule has 5 aromatic rings. The monoisotopic (exact) mass is 816 g/mol. The van der Waals surface area contributed by atoms with Crippen molar-refractivity contribution in [2.45, 2.75) is 89.7 Å². The van der Waals surface area contributed by atoms with Gasteiger partial charge in [0.1, 0.15) is 11.5 Å². The van der Waals surface area contributed by atoms with Crippen molar-refractivity contribution in [3.63, 3.8) is 0 Å². The smallest absolute Gasteiger partial charge is 0.412 e. The Morgan fingerprint density at radius 1 is 0.949 bits per heavy atom. The second-order valence-electron chi connectivity index (χ2n) is 17.8. The summed E-state index contributed by atoms with van der Waals surface area (Å²) in [4.78, 5) is 31.9. The van der Waals surface area contributed by atoms with Crippen molar-refractivity contribution >= 4 is 31.0 Å². The van der Waals surface area contributed by atoms with Gasteiger partial charge in [-0.25, -0.2) is 4.79 Å². The number of ether oxygens (including phenoxy) is 1. The minimum Gasteiger partial charge on any atom is -0.506 e. The number of aromatic hydroxyl groups is 1. The lowest BCUT2D eigenvalue weighted by Crippen LogP contribution is -2.59. The number of pyridine rings is 1. The van der Waals surface area contributed by atoms with E-state index in [2.05, 4.69) is 91.5 Å². The van der Waals surface area contributed by atoms with Crippen LogP contribution in [0.4, 0.5) is 10.5 Å². The molecule has 1 amide bonds. The number of amides is 1. The number of hydrogen-bond donors (Lipinski definition) is 4. The van der Waals surface area contributed by atoms with Crippen LogP contribution in [0.15, 0.2) is 102 Å². The molecule has 11 heteroatoms. The average molecular weight is 817 g/mol. The van der Waals surface area contributed by atoms with Gasteiger partial charge in [-0.2, -0.15) is 0 Å². The third-order valence-corrected chi connectivity index (χ3v) is 17.3. The van der Waals surface area contributed by atoms with Crippen LogP contribution < -0.4 is 20.5 Å². The summed E-state index contributed by atoms with van der Waals surface area (Å²) in [5, 5.41) is 25.5. The molecule has 0 radical (unpaired) electrons. The van der Waals surface area contributed by atoms with Gasteiger partial charge in [0, 0.05) is 36.7 Å². The summed E-state index contributed by atoms with van der Waals surface area (Å²) in [6.45, 7) is 15.8. The van der Waals surface area contributed by atoms with E-state index in [9.17, 15) is 19.8 Å². The van der Waals surface area contributed by atoms with Crippen LogP contribution in [0.1, 0.15) is 69.2 Å². The number of nitrogens with one attached hydrogen (secondary N) is 2. The van der Waals surface area contributed by atoms with E-state index < -0.39 is 14.4 Å². The highest BCUT2D eigenvalue weighted by molar-refractivity contribution is 6.74. The molecule has 0 spiro atoms. The average Bonchev–Trinajstić information content (AvgIpc) is 3.22. The zero-order valence-corrected chi connectivity index (χ0v) is 36.2. The number of anilines is 1. The quantitative estimate of drug-likeness (QED) is 0.0573. The van der Waals surface area contributed by atoms with E-state index in [4.69, 9.17) is 9.16 Å². The third kappa shape index (κ3) is 9.92. The fourth-order valence-corrected chi connectivity index (χ4v) is 9.68. The molecule has 0 aliphatic carbocycles. The number of H-pyrrole nitrogens is 1. The van der Waals surface area contributed by atoms with Crippen molar-refractivity contribution in [3.05, 3.63) is 124 Å². The molecule has 3 aliphatic rings. The lowest BCUT2D eigenvalue weighted by atomic mass is 9.82. The zero-order chi connectivity index (χ0) is 41.7. The predicted octanol–water partition coefficient (Wildman–Crippen LogP) is 9.73. The Labute approximate surface area is 349 Å². The molecule has 10 nitrogen and oxygen atoms in total. The van der Waals surface area contributed by atoms with Crippen molar-refractivity contribution in [2.24, 2.45) is 5.92 Å². The molecule has 59 heavy (non-hydrogen) atoms. The van der Waals surface area contributed by atoms with Crippen molar-refractivity contribution in [2.75, 3.05) is 37.7 Å². The van der Waals surface area contributed by atoms with E-state index in [1.165, 1.54) is 6.07 Å². The molecule has 2 atom stereocenters. The van der Waals surface area contributed by atoms with Crippen LogP contribution in [0.2, 0.25) is 18.1 Å². The number of phenolic OH excluding ortho intramolecular Hbond substituents is 1. The predicted molar refractivity (Wildman–Crippen MR) is 239 cm³/mol. The van der Waals surface area contributed by atoms with Gasteiger partial charge in [-0.1, -0.05) is 81.4 Å². The summed E-state index contributed by atoms with van der Waals surface area (Å²) in [5.41, 5.74) is 6.10. The number of hydrogen-bond acceptors (Lipinski definition) is 7. The molecule has 8 rings (SSSR count). The summed E-state index contributed by atoms with van der Waals surface area (Å²) in [6, 6.07) is 31.4. The standard InChI is InChI=1S/C48H60N4O6Si/c1-48(2,3)59(4,5)58-44(39-20-22-43(53)46-40(39)21-23-45(54)50-46)31-49-30-34-14-17-37(18-15-34)57-28-10-9-11-33-16-19-38(35-12-7-6-8-13-35)41(29-33)52(47(55)56)42-32-51-26-24-36(42)25-27-51/h6-8,12-23,29,36,42,44,49,53H,9-11,24-28,30-32H2,1-5H3,(H,50,54)(H,55,56)/t42?,44-/m0/s1. The van der Waals surface area contributed by atoms with E-state index >= 15 is 0 Å². The van der Waals surface area contributed by atoms with Crippen LogP contribution in [-0.2, 0) is 17.4 Å². The first-order chi connectivity index (χ1) is 28.3. The number of piperidine rings is 3. The number of carbonyl (C=O) groups is 1. The number of aromatic nitrogens is 1. The molecule has 4 heterocycles. The molecule has 4 N–H and O–H groups in total. The number of rotatable bonds is 16. The Morgan fingerprint density at radius 3 is 2.36 bits per heavy atom. The van der Waals surface area contributed by atoms with Crippen molar-refractivity contribution in [1.82, 2.24) is 15.2 Å². The second kappa shape index (κ2) is 18.1. The summed E-state index contributed by atoms with van der Waals surface area (Å²) < 4.78 is 13.1. The number of aromatic amines is 1. The van der Waals surface area contributed by atoms with Crippen LogP contribution in [0.25, 0.3) is 22.0 Å². The highest BCUT2D eigenvalue weighted by Gasteiger charge is 2.41. The van der Waals surface area contributed by atoms with Crippen molar-refractivity contribution in [3.8, 4) is 22.6 Å². The summed E-state index contributed by atoms with van der Waals surface area (Å²) in [7, 11) is -2.19. The minimum absolute atomic E-state index is 0.00364. The van der Waals surface area contributed by atoms with Gasteiger partial charge in [0.15, 0.2) is 8.32 Å². The first-order valence-electron chi connectivity index (χ1n) is 21.2. The van der Waals surface area contributed by atoms with Crippen LogP contribution in [0, 0.1) is 5.92 Å². The van der Waals surface area contributed by atoms with Gasteiger partial charge < -0.3 is 34.6 Å². The van der Waals surface area contributed by atoms with Gasteiger partial charge in [0.2, 0.25) is 5.56 Å². The molecule has 1 aromatic heterocycles. The van der Waals surface area contributed by atoms with E-state index in [1.54, 1.807) is 17.0 Å². The van der Waals surface area contributed by atoms with Gasteiger partial charge in [0.05, 0.1) is 30.0 Å². The zero-order valence-electron chi connectivity index (χ0n) is 35.2. The topological polar surface area (TPSA) is 127 Å². The summed E-state index contributed by atoms with van der Waals surface area (Å²) in [5.74, 6) is 1.24.